The Kier molecular flexibility index (Phi) is 4.66. The van der Waals surface area contributed by atoms with E-state index < -0.39 is 0 Å². The third-order valence-corrected chi connectivity index (χ3v) is 3.95. The molecule has 0 unspecified atom stereocenters. The zero-order valence-electron chi connectivity index (χ0n) is 13.8. The van der Waals surface area contributed by atoms with Crippen molar-refractivity contribution in [3.8, 4) is 0 Å². The summed E-state index contributed by atoms with van der Waals surface area (Å²) in [5.74, 6) is -0.304. The van der Waals surface area contributed by atoms with Crippen molar-refractivity contribution in [2.75, 3.05) is 23.3 Å². The van der Waals surface area contributed by atoms with Crippen LogP contribution in [0, 0.1) is 5.21 Å². The lowest BCUT2D eigenvalue weighted by molar-refractivity contribution is -0.605. The summed E-state index contributed by atoms with van der Waals surface area (Å²) in [6, 6.07) is 10.9. The third kappa shape index (κ3) is 3.83. The number of pyridine rings is 1. The number of anilines is 2. The Morgan fingerprint density at radius 1 is 1.21 bits per heavy atom. The van der Waals surface area contributed by atoms with Crippen LogP contribution in [0.3, 0.4) is 0 Å². The van der Waals surface area contributed by atoms with Gasteiger partial charge in [0.1, 0.15) is 5.56 Å². The molecule has 126 valence electrons. The van der Waals surface area contributed by atoms with Crippen LogP contribution < -0.4 is 14.9 Å². The maximum Gasteiger partial charge on any atom is 0.261 e. The molecule has 3 rings (SSSR count). The maximum atomic E-state index is 12.1. The summed E-state index contributed by atoms with van der Waals surface area (Å²) in [6.07, 6.45) is 2.99. The molecule has 1 aromatic heterocycles. The molecule has 1 aliphatic rings. The summed E-state index contributed by atoms with van der Waals surface area (Å²) in [4.78, 5) is 14.4. The van der Waals surface area contributed by atoms with E-state index in [1.165, 1.54) is 12.4 Å². The Balaban J connectivity index is 1.67. The molecule has 1 fully saturated rings. The van der Waals surface area contributed by atoms with Gasteiger partial charge in [0.2, 0.25) is 0 Å². The standard InChI is InChI=1S/C18H21N3O3/c1-13-10-20(11-14(2)24-13)17-7-5-16(6-8-17)19-18(22)15-4-3-9-21(23)12-15/h3-9,12-14H,10-11H2,1-2H3,(H,19,22)/t13-,14-/m1/s1. The van der Waals surface area contributed by atoms with E-state index in [-0.39, 0.29) is 18.1 Å². The number of rotatable bonds is 3. The predicted octanol–water partition coefficient (Wildman–Crippen LogP) is 2.19. The van der Waals surface area contributed by atoms with E-state index in [1.807, 2.05) is 24.3 Å². The molecular weight excluding hydrogens is 306 g/mol. The summed E-state index contributed by atoms with van der Waals surface area (Å²) in [6.45, 7) is 5.84. The second-order valence-corrected chi connectivity index (χ2v) is 6.12. The largest absolute Gasteiger partial charge is 0.619 e. The highest BCUT2D eigenvalue weighted by atomic mass is 16.5. The summed E-state index contributed by atoms with van der Waals surface area (Å²) in [5.41, 5.74) is 2.12. The highest BCUT2D eigenvalue weighted by Crippen LogP contribution is 2.22. The molecule has 0 aliphatic carbocycles. The molecule has 1 saturated heterocycles. The third-order valence-electron chi connectivity index (χ3n) is 3.95. The number of amides is 1. The van der Waals surface area contributed by atoms with Crippen molar-refractivity contribution in [1.29, 1.82) is 0 Å². The smallest absolute Gasteiger partial charge is 0.261 e. The fourth-order valence-electron chi connectivity index (χ4n) is 2.94. The van der Waals surface area contributed by atoms with Gasteiger partial charge in [0.05, 0.1) is 12.2 Å². The zero-order valence-corrected chi connectivity index (χ0v) is 13.8. The average Bonchev–Trinajstić information content (AvgIpc) is 2.54. The Morgan fingerprint density at radius 2 is 1.88 bits per heavy atom. The Labute approximate surface area is 141 Å². The van der Waals surface area contributed by atoms with Crippen molar-refractivity contribution >= 4 is 17.3 Å². The van der Waals surface area contributed by atoms with Crippen LogP contribution in [-0.2, 0) is 4.74 Å². The van der Waals surface area contributed by atoms with Crippen molar-refractivity contribution in [2.45, 2.75) is 26.1 Å². The minimum atomic E-state index is -0.304. The number of ether oxygens (including phenoxy) is 1. The molecule has 0 bridgehead atoms. The highest BCUT2D eigenvalue weighted by Gasteiger charge is 2.22. The first kappa shape index (κ1) is 16.3. The van der Waals surface area contributed by atoms with Crippen molar-refractivity contribution in [3.63, 3.8) is 0 Å². The first-order valence-electron chi connectivity index (χ1n) is 8.02. The molecule has 2 atom stereocenters. The van der Waals surface area contributed by atoms with Gasteiger partial charge in [0.15, 0.2) is 12.4 Å². The van der Waals surface area contributed by atoms with E-state index in [4.69, 9.17) is 4.74 Å². The molecule has 1 amide bonds. The molecular formula is C18H21N3O3. The summed E-state index contributed by atoms with van der Waals surface area (Å²) < 4.78 is 6.36. The van der Waals surface area contributed by atoms with E-state index in [2.05, 4.69) is 24.1 Å². The van der Waals surface area contributed by atoms with Gasteiger partial charge in [-0.25, -0.2) is 0 Å². The minimum absolute atomic E-state index is 0.199. The van der Waals surface area contributed by atoms with Gasteiger partial charge < -0.3 is 20.2 Å². The minimum Gasteiger partial charge on any atom is -0.619 e. The lowest BCUT2D eigenvalue weighted by atomic mass is 10.2. The summed E-state index contributed by atoms with van der Waals surface area (Å²) in [7, 11) is 0. The van der Waals surface area contributed by atoms with Crippen LogP contribution in [0.4, 0.5) is 11.4 Å². The van der Waals surface area contributed by atoms with Crippen molar-refractivity contribution in [2.24, 2.45) is 0 Å². The number of nitrogens with zero attached hydrogens (tertiary/aromatic N) is 2. The molecule has 2 heterocycles. The number of hydrogen-bond acceptors (Lipinski definition) is 4. The molecule has 6 nitrogen and oxygen atoms in total. The lowest BCUT2D eigenvalue weighted by Crippen LogP contribution is -2.45. The first-order valence-corrected chi connectivity index (χ1v) is 8.02. The first-order chi connectivity index (χ1) is 11.5. The van der Waals surface area contributed by atoms with Crippen LogP contribution in [0.5, 0.6) is 0 Å². The normalized spacial score (nSPS) is 20.7. The van der Waals surface area contributed by atoms with E-state index in [9.17, 15) is 10.0 Å². The van der Waals surface area contributed by atoms with Crippen LogP contribution in [0.25, 0.3) is 0 Å². The average molecular weight is 327 g/mol. The molecule has 1 aromatic carbocycles. The van der Waals surface area contributed by atoms with Crippen LogP contribution in [0.2, 0.25) is 0 Å². The Hall–Kier alpha value is -2.60. The number of benzene rings is 1. The SMILES string of the molecule is C[C@@H]1CN(c2ccc(NC(=O)c3ccc[n+]([O-])c3)cc2)C[C@@H](C)O1. The molecule has 6 heteroatoms. The van der Waals surface area contributed by atoms with Crippen molar-refractivity contribution in [1.82, 2.24) is 0 Å². The van der Waals surface area contributed by atoms with Gasteiger partial charge in [-0.05, 0) is 44.2 Å². The number of hydrogen-bond donors (Lipinski definition) is 1. The van der Waals surface area contributed by atoms with Gasteiger partial charge in [-0.1, -0.05) is 0 Å². The van der Waals surface area contributed by atoms with E-state index in [1.54, 1.807) is 12.1 Å². The van der Waals surface area contributed by atoms with E-state index >= 15 is 0 Å². The molecule has 1 aliphatic heterocycles. The molecule has 1 N–H and O–H groups in total. The topological polar surface area (TPSA) is 68.5 Å². The molecule has 0 spiro atoms. The summed E-state index contributed by atoms with van der Waals surface area (Å²) in [5, 5.41) is 14.0. The van der Waals surface area contributed by atoms with Crippen molar-refractivity contribution in [3.05, 3.63) is 59.6 Å². The van der Waals surface area contributed by atoms with Crippen LogP contribution >= 0.6 is 0 Å². The number of carbonyl (C=O) groups excluding carboxylic acids is 1. The number of aromatic nitrogens is 1. The quantitative estimate of drug-likeness (QED) is 0.693. The lowest BCUT2D eigenvalue weighted by Gasteiger charge is -2.36. The van der Waals surface area contributed by atoms with Gasteiger partial charge in [-0.15, -0.1) is 0 Å². The van der Waals surface area contributed by atoms with Crippen LogP contribution in [0.15, 0.2) is 48.8 Å². The van der Waals surface area contributed by atoms with Crippen LogP contribution in [-0.4, -0.2) is 31.2 Å². The summed E-state index contributed by atoms with van der Waals surface area (Å²) >= 11 is 0. The van der Waals surface area contributed by atoms with Crippen LogP contribution in [0.1, 0.15) is 24.2 Å². The van der Waals surface area contributed by atoms with Gasteiger partial charge in [0.25, 0.3) is 5.91 Å². The second-order valence-electron chi connectivity index (χ2n) is 6.12. The number of carbonyl (C=O) groups is 1. The van der Waals surface area contributed by atoms with Gasteiger partial charge >= 0.3 is 0 Å². The molecule has 2 aromatic rings. The zero-order chi connectivity index (χ0) is 17.1. The highest BCUT2D eigenvalue weighted by molar-refractivity contribution is 6.03. The maximum absolute atomic E-state index is 12.1. The second kappa shape index (κ2) is 6.88. The fraction of sp³-hybridized carbons (Fsp3) is 0.333. The van der Waals surface area contributed by atoms with Gasteiger partial charge in [-0.3, -0.25) is 4.79 Å². The number of morpholine rings is 1. The molecule has 0 saturated carbocycles. The van der Waals surface area contributed by atoms with E-state index in [0.717, 1.165) is 18.8 Å². The molecule has 0 radical (unpaired) electrons. The predicted molar refractivity (Wildman–Crippen MR) is 92.0 cm³/mol. The van der Waals surface area contributed by atoms with Gasteiger partial charge in [0, 0.05) is 30.5 Å². The van der Waals surface area contributed by atoms with Crippen molar-refractivity contribution < 1.29 is 14.3 Å². The Morgan fingerprint density at radius 3 is 2.50 bits per heavy atom. The Bertz CT molecular complexity index is 708. The molecule has 24 heavy (non-hydrogen) atoms. The number of nitrogens with one attached hydrogen (secondary N) is 1. The monoisotopic (exact) mass is 327 g/mol. The van der Waals surface area contributed by atoms with Gasteiger partial charge in [-0.2, -0.15) is 4.73 Å². The fourth-order valence-corrected chi connectivity index (χ4v) is 2.94. The van der Waals surface area contributed by atoms with E-state index in [0.29, 0.717) is 16.0 Å².